The molecule has 0 saturated carbocycles. The maximum atomic E-state index is 6.03. The van der Waals surface area contributed by atoms with Crippen LogP contribution in [-0.2, 0) is 13.6 Å². The predicted molar refractivity (Wildman–Crippen MR) is 93.0 cm³/mol. The Bertz CT molecular complexity index is 837. The third-order valence-electron chi connectivity index (χ3n) is 3.34. The first-order valence-corrected chi connectivity index (χ1v) is 8.19. The van der Waals surface area contributed by atoms with Gasteiger partial charge in [-0.15, -0.1) is 22.8 Å². The van der Waals surface area contributed by atoms with E-state index in [0.717, 1.165) is 29.8 Å². The van der Waals surface area contributed by atoms with E-state index in [2.05, 4.69) is 39.8 Å². The van der Waals surface area contributed by atoms with Crippen molar-refractivity contribution in [1.82, 2.24) is 29.5 Å². The molecule has 0 atom stereocenters. The van der Waals surface area contributed by atoms with Gasteiger partial charge in [0.05, 0.1) is 5.56 Å². The number of rotatable bonds is 4. The first-order valence-electron chi connectivity index (χ1n) is 6.99. The average Bonchev–Trinajstić information content (AvgIpc) is 3.03. The van der Waals surface area contributed by atoms with Crippen molar-refractivity contribution in [3.05, 3.63) is 28.6 Å². The molecule has 0 fully saturated rings. The van der Waals surface area contributed by atoms with Crippen LogP contribution in [0.25, 0.3) is 22.6 Å². The summed E-state index contributed by atoms with van der Waals surface area (Å²) in [6, 6.07) is 3.46. The summed E-state index contributed by atoms with van der Waals surface area (Å²) in [6.45, 7) is 2.89. The number of hydrogen-bond donors (Lipinski definition) is 1. The van der Waals surface area contributed by atoms with Crippen molar-refractivity contribution >= 4 is 35.8 Å². The van der Waals surface area contributed by atoms with Crippen molar-refractivity contribution in [2.24, 2.45) is 7.05 Å². The highest BCUT2D eigenvalue weighted by Crippen LogP contribution is 2.32. The van der Waals surface area contributed by atoms with Gasteiger partial charge in [0.2, 0.25) is 0 Å². The van der Waals surface area contributed by atoms with Gasteiger partial charge in [-0.3, -0.25) is 4.68 Å². The van der Waals surface area contributed by atoms with Gasteiger partial charge in [-0.2, -0.15) is 5.10 Å². The topological polar surface area (TPSA) is 61.4 Å². The third-order valence-corrected chi connectivity index (χ3v) is 4.12. The number of aryl methyl sites for hydroxylation is 1. The fraction of sp³-hybridized carbons (Fsp3) is 0.286. The van der Waals surface area contributed by atoms with Crippen LogP contribution in [0, 0.1) is 0 Å². The Hall–Kier alpha value is -1.57. The molecule has 0 amide bonds. The SMILES string of the molecule is CCCn1cc(-c2nnc(S)n2C)c(-c2cc(Cl)nc(Cl)c2)n1. The van der Waals surface area contributed by atoms with E-state index in [0.29, 0.717) is 21.3 Å². The van der Waals surface area contributed by atoms with Crippen LogP contribution < -0.4 is 0 Å². The molecule has 0 aliphatic heterocycles. The first kappa shape index (κ1) is 16.3. The first-order chi connectivity index (χ1) is 11.0. The minimum Gasteiger partial charge on any atom is -0.305 e. The average molecular weight is 369 g/mol. The highest BCUT2D eigenvalue weighted by atomic mass is 35.5. The van der Waals surface area contributed by atoms with Crippen molar-refractivity contribution in [3.8, 4) is 22.6 Å². The van der Waals surface area contributed by atoms with Crippen molar-refractivity contribution < 1.29 is 0 Å². The van der Waals surface area contributed by atoms with E-state index < -0.39 is 0 Å². The van der Waals surface area contributed by atoms with Crippen LogP contribution in [0.5, 0.6) is 0 Å². The Balaban J connectivity index is 2.20. The van der Waals surface area contributed by atoms with Crippen LogP contribution in [0.3, 0.4) is 0 Å². The van der Waals surface area contributed by atoms with Crippen molar-refractivity contribution in [2.75, 3.05) is 0 Å². The summed E-state index contributed by atoms with van der Waals surface area (Å²) in [7, 11) is 1.85. The Morgan fingerprint density at radius 1 is 1.17 bits per heavy atom. The van der Waals surface area contributed by atoms with Crippen LogP contribution in [0.4, 0.5) is 0 Å². The summed E-state index contributed by atoms with van der Waals surface area (Å²) in [6.07, 6.45) is 2.91. The summed E-state index contributed by atoms with van der Waals surface area (Å²) in [4.78, 5) is 3.98. The highest BCUT2D eigenvalue weighted by Gasteiger charge is 2.19. The second-order valence-corrected chi connectivity index (χ2v) is 6.21. The molecule has 9 heteroatoms. The second kappa shape index (κ2) is 6.51. The standard InChI is InChI=1S/C14H14Cl2N6S/c1-3-4-22-7-9(13-18-19-14(23)21(13)2)12(20-22)8-5-10(15)17-11(16)6-8/h5-7H,3-4H2,1-2H3,(H,19,23). The normalized spacial score (nSPS) is 11.2. The minimum atomic E-state index is 0.316. The number of nitrogens with zero attached hydrogens (tertiary/aromatic N) is 6. The van der Waals surface area contributed by atoms with E-state index in [1.54, 1.807) is 16.7 Å². The molecule has 0 saturated heterocycles. The smallest absolute Gasteiger partial charge is 0.188 e. The van der Waals surface area contributed by atoms with Gasteiger partial charge in [0.25, 0.3) is 0 Å². The molecule has 6 nitrogen and oxygen atoms in total. The van der Waals surface area contributed by atoms with Crippen LogP contribution in [-0.4, -0.2) is 29.5 Å². The van der Waals surface area contributed by atoms with Crippen molar-refractivity contribution in [3.63, 3.8) is 0 Å². The van der Waals surface area contributed by atoms with Crippen LogP contribution in [0.2, 0.25) is 10.3 Å². The maximum absolute atomic E-state index is 6.03. The summed E-state index contributed by atoms with van der Waals surface area (Å²) in [5.41, 5.74) is 2.35. The molecule has 3 aromatic heterocycles. The molecule has 0 aliphatic carbocycles. The van der Waals surface area contributed by atoms with Gasteiger partial charge < -0.3 is 4.57 Å². The molecule has 0 aromatic carbocycles. The van der Waals surface area contributed by atoms with E-state index in [1.165, 1.54) is 0 Å². The Kier molecular flexibility index (Phi) is 4.61. The van der Waals surface area contributed by atoms with E-state index in [-0.39, 0.29) is 0 Å². The molecule has 3 aromatic rings. The van der Waals surface area contributed by atoms with E-state index in [9.17, 15) is 0 Å². The van der Waals surface area contributed by atoms with Gasteiger partial charge in [-0.05, 0) is 18.6 Å². The lowest BCUT2D eigenvalue weighted by molar-refractivity contribution is 0.604. The van der Waals surface area contributed by atoms with Gasteiger partial charge in [0, 0.05) is 25.4 Å². The predicted octanol–water partition coefficient (Wildman–Crippen LogP) is 3.75. The molecular weight excluding hydrogens is 355 g/mol. The molecule has 0 aliphatic rings. The zero-order valence-electron chi connectivity index (χ0n) is 12.5. The molecule has 120 valence electrons. The largest absolute Gasteiger partial charge is 0.305 e. The lowest BCUT2D eigenvalue weighted by atomic mass is 10.1. The summed E-state index contributed by atoms with van der Waals surface area (Å²) >= 11 is 16.3. The summed E-state index contributed by atoms with van der Waals surface area (Å²) < 4.78 is 3.67. The van der Waals surface area contributed by atoms with E-state index in [1.807, 2.05) is 17.9 Å². The minimum absolute atomic E-state index is 0.316. The van der Waals surface area contributed by atoms with Crippen LogP contribution in [0.1, 0.15) is 13.3 Å². The number of pyridine rings is 1. The van der Waals surface area contributed by atoms with Crippen LogP contribution in [0.15, 0.2) is 23.5 Å². The molecule has 3 rings (SSSR count). The third kappa shape index (κ3) is 3.22. The zero-order chi connectivity index (χ0) is 16.6. The van der Waals surface area contributed by atoms with Gasteiger partial charge in [-0.1, -0.05) is 30.1 Å². The Morgan fingerprint density at radius 2 is 1.87 bits per heavy atom. The fourth-order valence-electron chi connectivity index (χ4n) is 2.30. The summed E-state index contributed by atoms with van der Waals surface area (Å²) in [5, 5.41) is 14.0. The lowest BCUT2D eigenvalue weighted by Crippen LogP contribution is -1.96. The van der Waals surface area contributed by atoms with Crippen molar-refractivity contribution in [1.29, 1.82) is 0 Å². The highest BCUT2D eigenvalue weighted by molar-refractivity contribution is 7.80. The number of thiol groups is 1. The Morgan fingerprint density at radius 3 is 2.43 bits per heavy atom. The molecule has 0 radical (unpaired) electrons. The monoisotopic (exact) mass is 368 g/mol. The maximum Gasteiger partial charge on any atom is 0.188 e. The molecule has 0 unspecified atom stereocenters. The number of halogens is 2. The molecular formula is C14H14Cl2N6S. The number of hydrogen-bond acceptors (Lipinski definition) is 5. The molecule has 0 bridgehead atoms. The molecule has 0 spiro atoms. The van der Waals surface area contributed by atoms with Crippen LogP contribution >= 0.6 is 35.8 Å². The zero-order valence-corrected chi connectivity index (χ0v) is 14.9. The Labute approximate surface area is 148 Å². The fourth-order valence-corrected chi connectivity index (χ4v) is 2.90. The van der Waals surface area contributed by atoms with E-state index >= 15 is 0 Å². The second-order valence-electron chi connectivity index (χ2n) is 5.04. The van der Waals surface area contributed by atoms with Gasteiger partial charge in [0.15, 0.2) is 11.0 Å². The van der Waals surface area contributed by atoms with Crippen molar-refractivity contribution in [2.45, 2.75) is 25.0 Å². The van der Waals surface area contributed by atoms with Gasteiger partial charge in [0.1, 0.15) is 16.0 Å². The van der Waals surface area contributed by atoms with E-state index in [4.69, 9.17) is 23.2 Å². The molecule has 3 heterocycles. The van der Waals surface area contributed by atoms with Gasteiger partial charge in [-0.25, -0.2) is 4.98 Å². The molecule has 0 N–H and O–H groups in total. The quantitative estimate of drug-likeness (QED) is 0.562. The lowest BCUT2D eigenvalue weighted by Gasteiger charge is -2.03. The van der Waals surface area contributed by atoms with Gasteiger partial charge >= 0.3 is 0 Å². The molecule has 23 heavy (non-hydrogen) atoms. The number of aromatic nitrogens is 6. The summed E-state index contributed by atoms with van der Waals surface area (Å²) in [5.74, 6) is 0.677.